The average molecular weight is 251 g/mol. The molecule has 2 rings (SSSR count). The van der Waals surface area contributed by atoms with Gasteiger partial charge in [-0.3, -0.25) is 4.79 Å². The molecule has 5 heteroatoms. The summed E-state index contributed by atoms with van der Waals surface area (Å²) in [5, 5.41) is 10.1. The number of carbonyl (C=O) groups is 1. The number of nitrogens with zero attached hydrogens (tertiary/aromatic N) is 3. The number of aliphatic hydroxyl groups excluding tert-OH is 1. The summed E-state index contributed by atoms with van der Waals surface area (Å²) in [5.74, 6) is 0.352. The van der Waals surface area contributed by atoms with E-state index in [1.807, 2.05) is 14.0 Å². The molecule has 0 aromatic carbocycles. The molecule has 1 aromatic heterocycles. The van der Waals surface area contributed by atoms with Gasteiger partial charge in [0.2, 0.25) is 0 Å². The number of likely N-dealkylation sites (N-methyl/N-ethyl adjacent to an activating group) is 1. The first-order chi connectivity index (χ1) is 8.65. The van der Waals surface area contributed by atoms with Crippen molar-refractivity contribution in [2.45, 2.75) is 44.8 Å². The Balaban J connectivity index is 2.17. The minimum Gasteiger partial charge on any atom is -0.391 e. The molecule has 0 radical (unpaired) electrons. The molecule has 100 valence electrons. The highest BCUT2D eigenvalue weighted by molar-refractivity contribution is 5.91. The van der Waals surface area contributed by atoms with Crippen LogP contribution in [0.5, 0.6) is 0 Å². The number of amides is 1. The van der Waals surface area contributed by atoms with E-state index in [1.54, 1.807) is 21.9 Å². The molecule has 1 aromatic rings. The van der Waals surface area contributed by atoms with Crippen LogP contribution in [-0.4, -0.2) is 44.2 Å². The second kappa shape index (κ2) is 5.52. The van der Waals surface area contributed by atoms with Crippen molar-refractivity contribution in [1.29, 1.82) is 0 Å². The maximum atomic E-state index is 12.4. The van der Waals surface area contributed by atoms with Gasteiger partial charge in [0, 0.05) is 26.0 Å². The third-order valence-corrected chi connectivity index (χ3v) is 3.71. The van der Waals surface area contributed by atoms with Crippen LogP contribution in [0.15, 0.2) is 12.4 Å². The highest BCUT2D eigenvalue weighted by atomic mass is 16.3. The molecule has 1 heterocycles. The highest BCUT2D eigenvalue weighted by Gasteiger charge is 2.32. The van der Waals surface area contributed by atoms with Crippen molar-refractivity contribution in [3.63, 3.8) is 0 Å². The first kappa shape index (κ1) is 13.1. The monoisotopic (exact) mass is 251 g/mol. The number of imidazole rings is 1. The maximum absolute atomic E-state index is 12.4. The van der Waals surface area contributed by atoms with Crippen LogP contribution in [0.3, 0.4) is 0 Å². The zero-order valence-corrected chi connectivity index (χ0v) is 11.0. The largest absolute Gasteiger partial charge is 0.391 e. The molecule has 0 unspecified atom stereocenters. The first-order valence-electron chi connectivity index (χ1n) is 6.61. The predicted octanol–water partition coefficient (Wildman–Crippen LogP) is 1.19. The fraction of sp³-hybridized carbons (Fsp3) is 0.692. The number of aryl methyl sites for hydroxylation is 1. The average Bonchev–Trinajstić information content (AvgIpc) is 2.78. The van der Waals surface area contributed by atoms with Gasteiger partial charge in [0.15, 0.2) is 5.82 Å². The molecular formula is C13H21N3O2. The Morgan fingerprint density at radius 2 is 2.28 bits per heavy atom. The zero-order valence-electron chi connectivity index (χ0n) is 11.0. The van der Waals surface area contributed by atoms with E-state index in [0.717, 1.165) is 25.7 Å². The third-order valence-electron chi connectivity index (χ3n) is 3.71. The number of hydrogen-bond acceptors (Lipinski definition) is 3. The number of rotatable bonds is 3. The van der Waals surface area contributed by atoms with E-state index in [9.17, 15) is 9.90 Å². The Bertz CT molecular complexity index is 416. The lowest BCUT2D eigenvalue weighted by Gasteiger charge is -2.36. The standard InChI is InChI=1S/C13H21N3O2/c1-3-16(10-6-4-5-7-11(10)17)13(18)12-14-8-9-15(12)2/h8-11,17H,3-7H2,1-2H3/t10-,11-/m0/s1. The van der Waals surface area contributed by atoms with Crippen LogP contribution in [0.25, 0.3) is 0 Å². The molecule has 0 aliphatic heterocycles. The van der Waals surface area contributed by atoms with Gasteiger partial charge in [-0.2, -0.15) is 0 Å². The van der Waals surface area contributed by atoms with Crippen LogP contribution in [0, 0.1) is 0 Å². The maximum Gasteiger partial charge on any atom is 0.290 e. The van der Waals surface area contributed by atoms with Crippen molar-refractivity contribution in [3.05, 3.63) is 18.2 Å². The Labute approximate surface area is 107 Å². The van der Waals surface area contributed by atoms with E-state index in [1.165, 1.54) is 0 Å². The smallest absolute Gasteiger partial charge is 0.290 e. The van der Waals surface area contributed by atoms with Crippen molar-refractivity contribution in [2.75, 3.05) is 6.54 Å². The molecule has 0 spiro atoms. The topological polar surface area (TPSA) is 58.4 Å². The summed E-state index contributed by atoms with van der Waals surface area (Å²) in [6.45, 7) is 2.55. The molecule has 0 saturated heterocycles. The molecule has 18 heavy (non-hydrogen) atoms. The Kier molecular flexibility index (Phi) is 4.01. The van der Waals surface area contributed by atoms with E-state index >= 15 is 0 Å². The Morgan fingerprint density at radius 3 is 2.83 bits per heavy atom. The van der Waals surface area contributed by atoms with Crippen molar-refractivity contribution < 1.29 is 9.90 Å². The van der Waals surface area contributed by atoms with Crippen LogP contribution < -0.4 is 0 Å². The van der Waals surface area contributed by atoms with Gasteiger partial charge in [-0.15, -0.1) is 0 Å². The summed E-state index contributed by atoms with van der Waals surface area (Å²) in [5.41, 5.74) is 0. The van der Waals surface area contributed by atoms with Gasteiger partial charge < -0.3 is 14.6 Å². The molecule has 1 aliphatic rings. The summed E-state index contributed by atoms with van der Waals surface area (Å²) in [7, 11) is 1.81. The lowest BCUT2D eigenvalue weighted by Crippen LogP contribution is -2.49. The number of aromatic nitrogens is 2. The second-order valence-corrected chi connectivity index (χ2v) is 4.87. The number of aliphatic hydroxyl groups is 1. The highest BCUT2D eigenvalue weighted by Crippen LogP contribution is 2.24. The van der Waals surface area contributed by atoms with Gasteiger partial charge in [0.05, 0.1) is 12.1 Å². The van der Waals surface area contributed by atoms with Crippen LogP contribution >= 0.6 is 0 Å². The molecular weight excluding hydrogens is 230 g/mol. The van der Waals surface area contributed by atoms with Gasteiger partial charge in [0.1, 0.15) is 0 Å². The summed E-state index contributed by atoms with van der Waals surface area (Å²) in [6.07, 6.45) is 6.78. The van der Waals surface area contributed by atoms with E-state index in [0.29, 0.717) is 12.4 Å². The fourth-order valence-electron chi connectivity index (χ4n) is 2.68. The van der Waals surface area contributed by atoms with E-state index in [-0.39, 0.29) is 11.9 Å². The van der Waals surface area contributed by atoms with Crippen LogP contribution in [-0.2, 0) is 7.05 Å². The zero-order chi connectivity index (χ0) is 13.1. The molecule has 1 aliphatic carbocycles. The van der Waals surface area contributed by atoms with Gasteiger partial charge in [-0.25, -0.2) is 4.98 Å². The van der Waals surface area contributed by atoms with Gasteiger partial charge in [-0.1, -0.05) is 12.8 Å². The second-order valence-electron chi connectivity index (χ2n) is 4.87. The molecule has 0 bridgehead atoms. The van der Waals surface area contributed by atoms with Gasteiger partial charge in [0.25, 0.3) is 5.91 Å². The molecule has 1 fully saturated rings. The Morgan fingerprint density at radius 1 is 1.56 bits per heavy atom. The number of carbonyl (C=O) groups excluding carboxylic acids is 1. The predicted molar refractivity (Wildman–Crippen MR) is 68.2 cm³/mol. The minimum absolute atomic E-state index is 0.0621. The lowest BCUT2D eigenvalue weighted by molar-refractivity contribution is 0.0187. The van der Waals surface area contributed by atoms with Crippen LogP contribution in [0.2, 0.25) is 0 Å². The molecule has 5 nitrogen and oxygen atoms in total. The minimum atomic E-state index is -0.400. The Hall–Kier alpha value is -1.36. The van der Waals surface area contributed by atoms with E-state index < -0.39 is 6.10 Å². The summed E-state index contributed by atoms with van der Waals surface area (Å²) in [6, 6.07) is -0.0621. The van der Waals surface area contributed by atoms with E-state index in [2.05, 4.69) is 4.98 Å². The van der Waals surface area contributed by atoms with Crippen LogP contribution in [0.4, 0.5) is 0 Å². The molecule has 1 N–H and O–H groups in total. The van der Waals surface area contributed by atoms with Gasteiger partial charge >= 0.3 is 0 Å². The van der Waals surface area contributed by atoms with Gasteiger partial charge in [-0.05, 0) is 19.8 Å². The summed E-state index contributed by atoms with van der Waals surface area (Å²) in [4.78, 5) is 18.3. The molecule has 1 amide bonds. The van der Waals surface area contributed by atoms with Crippen molar-refractivity contribution in [2.24, 2.45) is 7.05 Å². The number of hydrogen-bond donors (Lipinski definition) is 1. The third kappa shape index (κ3) is 2.41. The summed E-state index contributed by atoms with van der Waals surface area (Å²) >= 11 is 0. The lowest BCUT2D eigenvalue weighted by atomic mass is 9.91. The SMILES string of the molecule is CCN(C(=O)c1nccn1C)[C@H]1CCCC[C@@H]1O. The van der Waals surface area contributed by atoms with E-state index in [4.69, 9.17) is 0 Å². The van der Waals surface area contributed by atoms with Crippen molar-refractivity contribution in [1.82, 2.24) is 14.5 Å². The van der Waals surface area contributed by atoms with Crippen molar-refractivity contribution in [3.8, 4) is 0 Å². The normalized spacial score (nSPS) is 23.9. The quantitative estimate of drug-likeness (QED) is 0.877. The van der Waals surface area contributed by atoms with Crippen LogP contribution in [0.1, 0.15) is 43.2 Å². The summed E-state index contributed by atoms with van der Waals surface area (Å²) < 4.78 is 1.72. The first-order valence-corrected chi connectivity index (χ1v) is 6.61. The fourth-order valence-corrected chi connectivity index (χ4v) is 2.68. The molecule has 2 atom stereocenters. The molecule has 1 saturated carbocycles. The van der Waals surface area contributed by atoms with Crippen molar-refractivity contribution >= 4 is 5.91 Å².